The summed E-state index contributed by atoms with van der Waals surface area (Å²) in [6.45, 7) is 1.86. The molecule has 0 bridgehead atoms. The highest BCUT2D eigenvalue weighted by atomic mass is 32.2. The lowest BCUT2D eigenvalue weighted by Crippen LogP contribution is -2.40. The number of rotatable bonds is 6. The number of benzene rings is 1. The van der Waals surface area contributed by atoms with Crippen molar-refractivity contribution in [3.8, 4) is 5.75 Å². The predicted octanol–water partition coefficient (Wildman–Crippen LogP) is 2.86. The maximum absolute atomic E-state index is 12.3. The van der Waals surface area contributed by atoms with E-state index in [9.17, 15) is 13.9 Å². The first-order chi connectivity index (χ1) is 9.89. The van der Waals surface area contributed by atoms with Gasteiger partial charge in [-0.2, -0.15) is 20.5 Å². The third kappa shape index (κ3) is 4.56. The number of alkyl halides is 2. The second-order valence-electron chi connectivity index (χ2n) is 5.57. The minimum Gasteiger partial charge on any atom is -0.434 e. The van der Waals surface area contributed by atoms with Crippen LogP contribution in [-0.2, 0) is 6.54 Å². The Bertz CT molecular complexity index is 468. The van der Waals surface area contributed by atoms with E-state index in [0.29, 0.717) is 24.2 Å². The number of halogens is 2. The van der Waals surface area contributed by atoms with E-state index in [0.717, 1.165) is 23.5 Å². The Morgan fingerprint density at radius 2 is 2.05 bits per heavy atom. The van der Waals surface area contributed by atoms with Gasteiger partial charge < -0.3 is 15.2 Å². The summed E-state index contributed by atoms with van der Waals surface area (Å²) in [7, 11) is 0. The number of hydrogen-bond donors (Lipinski definition) is 2. The van der Waals surface area contributed by atoms with Gasteiger partial charge in [0.1, 0.15) is 5.75 Å². The third-order valence-corrected chi connectivity index (χ3v) is 4.83. The van der Waals surface area contributed by atoms with Crippen LogP contribution < -0.4 is 10.1 Å². The van der Waals surface area contributed by atoms with Gasteiger partial charge in [-0.1, -0.05) is 12.1 Å². The van der Waals surface area contributed by atoms with Crippen molar-refractivity contribution in [1.29, 1.82) is 0 Å². The lowest BCUT2D eigenvalue weighted by Gasteiger charge is -2.22. The molecule has 0 aromatic heterocycles. The average molecular weight is 317 g/mol. The van der Waals surface area contributed by atoms with Crippen molar-refractivity contribution in [2.24, 2.45) is 0 Å². The van der Waals surface area contributed by atoms with Crippen LogP contribution in [0.3, 0.4) is 0 Å². The van der Waals surface area contributed by atoms with E-state index in [1.807, 2.05) is 12.1 Å². The number of thioether (sulfide) groups is 1. The zero-order valence-electron chi connectivity index (χ0n) is 12.3. The van der Waals surface area contributed by atoms with Crippen molar-refractivity contribution in [3.05, 3.63) is 28.8 Å². The summed E-state index contributed by atoms with van der Waals surface area (Å²) in [6, 6.07) is 3.68. The Labute approximate surface area is 128 Å². The molecule has 3 nitrogen and oxygen atoms in total. The summed E-state index contributed by atoms with van der Waals surface area (Å²) in [5.41, 5.74) is 1.78. The van der Waals surface area contributed by atoms with Crippen molar-refractivity contribution < 1.29 is 18.6 Å². The van der Waals surface area contributed by atoms with E-state index >= 15 is 0 Å². The molecule has 0 radical (unpaired) electrons. The summed E-state index contributed by atoms with van der Waals surface area (Å²) in [5, 5.41) is 13.5. The van der Waals surface area contributed by atoms with Crippen LogP contribution in [0.15, 0.2) is 12.1 Å². The molecule has 0 saturated carbocycles. The molecule has 1 saturated heterocycles. The molecule has 0 spiro atoms. The van der Waals surface area contributed by atoms with Gasteiger partial charge in [-0.05, 0) is 42.7 Å². The van der Waals surface area contributed by atoms with E-state index in [4.69, 9.17) is 0 Å². The van der Waals surface area contributed by atoms with Crippen molar-refractivity contribution in [3.63, 3.8) is 0 Å². The molecular formula is C15H21F2NO2S. The Kier molecular flexibility index (Phi) is 5.46. The summed E-state index contributed by atoms with van der Waals surface area (Å²) in [4.78, 5) is 0. The van der Waals surface area contributed by atoms with Crippen LogP contribution in [0.25, 0.3) is 0 Å². The quantitative estimate of drug-likeness (QED) is 0.846. The van der Waals surface area contributed by atoms with Crippen molar-refractivity contribution in [2.75, 3.05) is 18.1 Å². The molecule has 0 aliphatic carbocycles. The minimum atomic E-state index is -2.81. The van der Waals surface area contributed by atoms with Gasteiger partial charge in [-0.15, -0.1) is 0 Å². The standard InChI is InChI=1S/C15H21F2NO2S/c1-10-5-12(6-11(2)13(10)20-14(16)17)7-18-8-15(19)3-4-21-9-15/h5-6,14,18-19H,3-4,7-9H2,1-2H3. The monoisotopic (exact) mass is 317 g/mol. The molecule has 1 aromatic carbocycles. The van der Waals surface area contributed by atoms with E-state index < -0.39 is 12.2 Å². The lowest BCUT2D eigenvalue weighted by molar-refractivity contribution is -0.0507. The summed E-state index contributed by atoms with van der Waals surface area (Å²) in [6.07, 6.45) is 0.809. The highest BCUT2D eigenvalue weighted by Crippen LogP contribution is 2.28. The van der Waals surface area contributed by atoms with Crippen LogP contribution in [-0.4, -0.2) is 35.4 Å². The van der Waals surface area contributed by atoms with Gasteiger partial charge in [0.25, 0.3) is 0 Å². The number of ether oxygens (including phenoxy) is 1. The maximum Gasteiger partial charge on any atom is 0.387 e. The summed E-state index contributed by atoms with van der Waals surface area (Å²) < 4.78 is 29.2. The fraction of sp³-hybridized carbons (Fsp3) is 0.600. The van der Waals surface area contributed by atoms with E-state index in [1.54, 1.807) is 25.6 Å². The average Bonchev–Trinajstić information content (AvgIpc) is 2.81. The van der Waals surface area contributed by atoms with Crippen LogP contribution in [0.5, 0.6) is 5.75 Å². The number of nitrogens with one attached hydrogen (secondary N) is 1. The first kappa shape index (κ1) is 16.5. The van der Waals surface area contributed by atoms with Crippen LogP contribution >= 0.6 is 11.8 Å². The molecule has 1 aliphatic rings. The summed E-state index contributed by atoms with van der Waals surface area (Å²) >= 11 is 1.76. The second kappa shape index (κ2) is 6.94. The molecule has 1 unspecified atom stereocenters. The highest BCUT2D eigenvalue weighted by molar-refractivity contribution is 7.99. The molecular weight excluding hydrogens is 296 g/mol. The molecule has 1 aliphatic heterocycles. The van der Waals surface area contributed by atoms with Crippen LogP contribution in [0.4, 0.5) is 8.78 Å². The molecule has 1 atom stereocenters. The number of aryl methyl sites for hydroxylation is 2. The lowest BCUT2D eigenvalue weighted by atomic mass is 10.0. The molecule has 118 valence electrons. The fourth-order valence-electron chi connectivity index (χ4n) is 2.59. The molecule has 1 aromatic rings. The maximum atomic E-state index is 12.3. The van der Waals surface area contributed by atoms with E-state index in [2.05, 4.69) is 10.1 Å². The van der Waals surface area contributed by atoms with E-state index in [1.165, 1.54) is 0 Å². The molecule has 1 heterocycles. The van der Waals surface area contributed by atoms with Gasteiger partial charge in [0.15, 0.2) is 0 Å². The summed E-state index contributed by atoms with van der Waals surface area (Å²) in [5.74, 6) is 2.01. The number of hydrogen-bond acceptors (Lipinski definition) is 4. The number of aliphatic hydroxyl groups is 1. The Morgan fingerprint density at radius 3 is 2.57 bits per heavy atom. The highest BCUT2D eigenvalue weighted by Gasteiger charge is 2.30. The normalized spacial score (nSPS) is 22.0. The molecule has 1 fully saturated rings. The molecule has 0 amide bonds. The van der Waals surface area contributed by atoms with Crippen LogP contribution in [0, 0.1) is 13.8 Å². The molecule has 21 heavy (non-hydrogen) atoms. The van der Waals surface area contributed by atoms with Gasteiger partial charge in [-0.3, -0.25) is 0 Å². The Morgan fingerprint density at radius 1 is 1.38 bits per heavy atom. The topological polar surface area (TPSA) is 41.5 Å². The van der Waals surface area contributed by atoms with E-state index in [-0.39, 0.29) is 5.75 Å². The van der Waals surface area contributed by atoms with Crippen molar-refractivity contribution in [1.82, 2.24) is 5.32 Å². The molecule has 6 heteroatoms. The molecule has 2 rings (SSSR count). The van der Waals surface area contributed by atoms with Crippen LogP contribution in [0.1, 0.15) is 23.1 Å². The fourth-order valence-corrected chi connectivity index (χ4v) is 3.89. The Balaban J connectivity index is 1.95. The predicted molar refractivity (Wildman–Crippen MR) is 81.1 cm³/mol. The molecule has 2 N–H and O–H groups in total. The van der Waals surface area contributed by atoms with Crippen molar-refractivity contribution in [2.45, 2.75) is 39.0 Å². The first-order valence-corrected chi connectivity index (χ1v) is 8.11. The van der Waals surface area contributed by atoms with Crippen LogP contribution in [0.2, 0.25) is 0 Å². The third-order valence-electron chi connectivity index (χ3n) is 3.59. The van der Waals surface area contributed by atoms with Gasteiger partial charge in [0.2, 0.25) is 0 Å². The SMILES string of the molecule is Cc1cc(CNCC2(O)CCSC2)cc(C)c1OC(F)F. The smallest absolute Gasteiger partial charge is 0.387 e. The zero-order valence-corrected chi connectivity index (χ0v) is 13.1. The van der Waals surface area contributed by atoms with Gasteiger partial charge in [0, 0.05) is 18.8 Å². The van der Waals surface area contributed by atoms with Gasteiger partial charge in [0.05, 0.1) is 5.60 Å². The van der Waals surface area contributed by atoms with Gasteiger partial charge in [-0.25, -0.2) is 0 Å². The largest absolute Gasteiger partial charge is 0.434 e. The van der Waals surface area contributed by atoms with Gasteiger partial charge >= 0.3 is 6.61 Å². The first-order valence-electron chi connectivity index (χ1n) is 6.95. The Hall–Kier alpha value is -0.850. The minimum absolute atomic E-state index is 0.250. The van der Waals surface area contributed by atoms with Crippen molar-refractivity contribution >= 4 is 11.8 Å². The zero-order chi connectivity index (χ0) is 15.5. The second-order valence-corrected chi connectivity index (χ2v) is 6.67.